The van der Waals surface area contributed by atoms with E-state index in [0.29, 0.717) is 30.1 Å². The molecular weight excluding hydrogens is 263 g/mol. The molecule has 0 saturated carbocycles. The van der Waals surface area contributed by atoms with Crippen LogP contribution in [0.5, 0.6) is 0 Å². The Bertz CT molecular complexity index is 566. The molecule has 1 heterocycles. The number of benzene rings is 1. The zero-order chi connectivity index (χ0) is 14.4. The number of nitrogens with zero attached hydrogens (tertiary/aromatic N) is 1. The van der Waals surface area contributed by atoms with Gasteiger partial charge >= 0.3 is 0 Å². The lowest BCUT2D eigenvalue weighted by Crippen LogP contribution is -2.26. The quantitative estimate of drug-likeness (QED) is 0.786. The van der Waals surface area contributed by atoms with Gasteiger partial charge in [-0.2, -0.15) is 0 Å². The molecule has 0 spiro atoms. The summed E-state index contributed by atoms with van der Waals surface area (Å²) < 4.78 is 18.1. The summed E-state index contributed by atoms with van der Waals surface area (Å²) in [5.41, 5.74) is 1.16. The van der Waals surface area contributed by atoms with Crippen molar-refractivity contribution in [1.29, 1.82) is 0 Å². The third-order valence-corrected chi connectivity index (χ3v) is 2.64. The maximum absolute atomic E-state index is 12.8. The van der Waals surface area contributed by atoms with E-state index in [0.717, 1.165) is 0 Å². The highest BCUT2D eigenvalue weighted by atomic mass is 19.1. The number of carbonyl (C=O) groups excluding carboxylic acids is 1. The molecule has 20 heavy (non-hydrogen) atoms. The first-order chi connectivity index (χ1) is 9.69. The first-order valence-corrected chi connectivity index (χ1v) is 6.27. The Kier molecular flexibility index (Phi) is 4.84. The van der Waals surface area contributed by atoms with Crippen molar-refractivity contribution < 1.29 is 18.7 Å². The topological polar surface area (TPSA) is 75.4 Å². The molecule has 6 heteroatoms. The molecule has 0 aliphatic carbocycles. The first kappa shape index (κ1) is 14.2. The molecule has 2 N–H and O–H groups in total. The van der Waals surface area contributed by atoms with E-state index in [1.165, 1.54) is 18.4 Å². The highest BCUT2D eigenvalue weighted by Crippen LogP contribution is 2.19. The number of nitrogens with one attached hydrogen (secondary N) is 1. The van der Waals surface area contributed by atoms with E-state index in [1.54, 1.807) is 12.1 Å². The lowest BCUT2D eigenvalue weighted by atomic mass is 10.2. The second-order valence-corrected chi connectivity index (χ2v) is 4.25. The molecule has 1 amide bonds. The average Bonchev–Trinajstić information content (AvgIpc) is 2.88. The lowest BCUT2D eigenvalue weighted by Gasteiger charge is -2.01. The van der Waals surface area contributed by atoms with Crippen molar-refractivity contribution in [2.75, 3.05) is 13.2 Å². The van der Waals surface area contributed by atoms with Crippen molar-refractivity contribution in [2.24, 2.45) is 0 Å². The number of amides is 1. The summed E-state index contributed by atoms with van der Waals surface area (Å²) in [5.74, 6) is -0.163. The van der Waals surface area contributed by atoms with E-state index >= 15 is 0 Å². The normalized spacial score (nSPS) is 10.5. The van der Waals surface area contributed by atoms with Crippen LogP contribution in [-0.2, 0) is 11.2 Å². The molecule has 2 aromatic rings. The smallest absolute Gasteiger partial charge is 0.226 e. The van der Waals surface area contributed by atoms with Crippen LogP contribution in [0.1, 0.15) is 12.1 Å². The van der Waals surface area contributed by atoms with Gasteiger partial charge < -0.3 is 14.8 Å². The second-order valence-electron chi connectivity index (χ2n) is 4.25. The number of hydrogen-bond acceptors (Lipinski definition) is 4. The molecule has 2 rings (SSSR count). The lowest BCUT2D eigenvalue weighted by molar-refractivity contribution is -0.120. The van der Waals surface area contributed by atoms with Gasteiger partial charge in [-0.15, -0.1) is 0 Å². The van der Waals surface area contributed by atoms with E-state index in [2.05, 4.69) is 10.3 Å². The Hall–Kier alpha value is -2.21. The monoisotopic (exact) mass is 278 g/mol. The van der Waals surface area contributed by atoms with Gasteiger partial charge in [-0.05, 0) is 30.7 Å². The Morgan fingerprint density at radius 2 is 2.10 bits per heavy atom. The summed E-state index contributed by atoms with van der Waals surface area (Å²) >= 11 is 0. The van der Waals surface area contributed by atoms with Gasteiger partial charge in [0.1, 0.15) is 12.1 Å². The maximum atomic E-state index is 12.8. The van der Waals surface area contributed by atoms with Gasteiger partial charge in [0.25, 0.3) is 0 Å². The molecule has 1 aromatic heterocycles. The molecule has 0 bridgehead atoms. The summed E-state index contributed by atoms with van der Waals surface area (Å²) in [7, 11) is 0. The Morgan fingerprint density at radius 1 is 1.35 bits per heavy atom. The third-order valence-electron chi connectivity index (χ3n) is 2.64. The molecule has 106 valence electrons. The molecule has 0 unspecified atom stereocenters. The number of aliphatic hydroxyl groups is 1. The third kappa shape index (κ3) is 3.89. The van der Waals surface area contributed by atoms with Crippen LogP contribution in [0.4, 0.5) is 4.39 Å². The average molecular weight is 278 g/mol. The van der Waals surface area contributed by atoms with Gasteiger partial charge in [-0.25, -0.2) is 9.37 Å². The fraction of sp³-hybridized carbons (Fsp3) is 0.286. The first-order valence-electron chi connectivity index (χ1n) is 6.27. The number of hydrogen-bond donors (Lipinski definition) is 2. The second kappa shape index (κ2) is 6.81. The standard InChI is InChI=1S/C14H15FN2O3/c15-11-4-2-10(3-5-11)14-17-12(9-20-14)8-13(19)16-6-1-7-18/h2-5,9,18H,1,6-8H2,(H,16,19). The van der Waals surface area contributed by atoms with Gasteiger partial charge in [-0.3, -0.25) is 4.79 Å². The molecule has 0 aliphatic heterocycles. The minimum Gasteiger partial charge on any atom is -0.444 e. The Morgan fingerprint density at radius 3 is 2.80 bits per heavy atom. The van der Waals surface area contributed by atoms with Gasteiger partial charge in [-0.1, -0.05) is 0 Å². The minimum atomic E-state index is -0.330. The minimum absolute atomic E-state index is 0.0406. The molecule has 0 radical (unpaired) electrons. The van der Waals surface area contributed by atoms with Crippen molar-refractivity contribution in [3.05, 3.63) is 42.0 Å². The van der Waals surface area contributed by atoms with Gasteiger partial charge in [0.05, 0.1) is 12.1 Å². The molecule has 0 fully saturated rings. The van der Waals surface area contributed by atoms with Crippen LogP contribution < -0.4 is 5.32 Å². The van der Waals surface area contributed by atoms with Crippen LogP contribution in [0.25, 0.3) is 11.5 Å². The molecule has 0 atom stereocenters. The Labute approximate surface area is 115 Å². The van der Waals surface area contributed by atoms with Crippen LogP contribution in [-0.4, -0.2) is 29.1 Å². The fourth-order valence-corrected chi connectivity index (χ4v) is 1.65. The number of aliphatic hydroxyl groups excluding tert-OH is 1. The summed E-state index contributed by atoms with van der Waals surface area (Å²) in [6.07, 6.45) is 2.03. The van der Waals surface area contributed by atoms with Crippen molar-refractivity contribution >= 4 is 5.91 Å². The van der Waals surface area contributed by atoms with Crippen molar-refractivity contribution in [1.82, 2.24) is 10.3 Å². The van der Waals surface area contributed by atoms with Crippen LogP contribution in [0.15, 0.2) is 34.9 Å². The predicted octanol–water partition coefficient (Wildman–Crippen LogP) is 1.52. The van der Waals surface area contributed by atoms with E-state index in [4.69, 9.17) is 9.52 Å². The van der Waals surface area contributed by atoms with Gasteiger partial charge in [0.15, 0.2) is 0 Å². The van der Waals surface area contributed by atoms with E-state index in [-0.39, 0.29) is 24.8 Å². The van der Waals surface area contributed by atoms with E-state index in [9.17, 15) is 9.18 Å². The van der Waals surface area contributed by atoms with Crippen molar-refractivity contribution in [3.8, 4) is 11.5 Å². The fourth-order valence-electron chi connectivity index (χ4n) is 1.65. The largest absolute Gasteiger partial charge is 0.444 e. The van der Waals surface area contributed by atoms with Gasteiger partial charge in [0, 0.05) is 18.7 Å². The molecule has 5 nitrogen and oxygen atoms in total. The van der Waals surface area contributed by atoms with Gasteiger partial charge in [0.2, 0.25) is 11.8 Å². The van der Waals surface area contributed by atoms with Crippen LogP contribution >= 0.6 is 0 Å². The van der Waals surface area contributed by atoms with E-state index < -0.39 is 0 Å². The number of oxazole rings is 1. The van der Waals surface area contributed by atoms with Crippen LogP contribution in [0.2, 0.25) is 0 Å². The summed E-state index contributed by atoms with van der Waals surface area (Å²) in [6.45, 7) is 0.469. The molecule has 0 aliphatic rings. The SMILES string of the molecule is O=C(Cc1coc(-c2ccc(F)cc2)n1)NCCCO. The van der Waals surface area contributed by atoms with Crippen molar-refractivity contribution in [2.45, 2.75) is 12.8 Å². The summed E-state index contributed by atoms with van der Waals surface area (Å²) in [5, 5.41) is 11.3. The number of aromatic nitrogens is 1. The Balaban J connectivity index is 1.95. The highest BCUT2D eigenvalue weighted by molar-refractivity contribution is 5.78. The van der Waals surface area contributed by atoms with Crippen LogP contribution in [0, 0.1) is 5.82 Å². The van der Waals surface area contributed by atoms with Crippen LogP contribution in [0.3, 0.4) is 0 Å². The molecule has 1 aromatic carbocycles. The number of rotatable bonds is 6. The number of halogens is 1. The summed E-state index contributed by atoms with van der Waals surface area (Å²) in [4.78, 5) is 15.7. The van der Waals surface area contributed by atoms with E-state index in [1.807, 2.05) is 0 Å². The molecular formula is C14H15FN2O3. The zero-order valence-corrected chi connectivity index (χ0v) is 10.8. The predicted molar refractivity (Wildman–Crippen MR) is 70.3 cm³/mol. The summed E-state index contributed by atoms with van der Waals surface area (Å²) in [6, 6.07) is 5.76. The number of carbonyl (C=O) groups is 1. The maximum Gasteiger partial charge on any atom is 0.226 e. The highest BCUT2D eigenvalue weighted by Gasteiger charge is 2.10. The zero-order valence-electron chi connectivity index (χ0n) is 10.8. The molecule has 0 saturated heterocycles. The van der Waals surface area contributed by atoms with Crippen molar-refractivity contribution in [3.63, 3.8) is 0 Å².